The molecular formula is C18H15F3N6O2. The Hall–Kier alpha value is -3.50. The highest BCUT2D eigenvalue weighted by Crippen LogP contribution is 2.34. The molecule has 1 aliphatic rings. The molecule has 1 fully saturated rings. The summed E-state index contributed by atoms with van der Waals surface area (Å²) in [6, 6.07) is 5.43. The van der Waals surface area contributed by atoms with Gasteiger partial charge in [0.1, 0.15) is 17.1 Å². The molecule has 1 unspecified atom stereocenters. The van der Waals surface area contributed by atoms with Crippen LogP contribution >= 0.6 is 0 Å². The summed E-state index contributed by atoms with van der Waals surface area (Å²) in [5.74, 6) is 0.565. The molecule has 2 N–H and O–H groups in total. The molecule has 29 heavy (non-hydrogen) atoms. The SMILES string of the molecule is CC1(c2nnc(-c3cccnc3Nc3ccc(C(F)(F)F)cn3)o2)CCNC1=O. The number of anilines is 2. The molecule has 4 rings (SSSR count). The van der Waals surface area contributed by atoms with Gasteiger partial charge in [-0.15, -0.1) is 10.2 Å². The molecule has 4 heterocycles. The van der Waals surface area contributed by atoms with Gasteiger partial charge in [0.25, 0.3) is 5.89 Å². The van der Waals surface area contributed by atoms with Gasteiger partial charge < -0.3 is 15.1 Å². The predicted octanol–water partition coefficient (Wildman–Crippen LogP) is 3.07. The van der Waals surface area contributed by atoms with Crippen molar-refractivity contribution in [2.24, 2.45) is 0 Å². The third-order valence-electron chi connectivity index (χ3n) is 4.68. The number of pyridine rings is 2. The standard InChI is InChI=1S/C18H15F3N6O2/c1-17(6-8-23-15(17)28)16-27-26-14(29-16)11-3-2-7-22-13(11)25-12-5-4-10(9-24-12)18(19,20)21/h2-5,7,9H,6,8H2,1H3,(H,23,28)(H,22,24,25). The van der Waals surface area contributed by atoms with Crippen molar-refractivity contribution in [1.82, 2.24) is 25.5 Å². The molecule has 0 saturated carbocycles. The highest BCUT2D eigenvalue weighted by atomic mass is 19.4. The summed E-state index contributed by atoms with van der Waals surface area (Å²) < 4.78 is 43.8. The third kappa shape index (κ3) is 3.50. The van der Waals surface area contributed by atoms with Crippen LogP contribution in [0.4, 0.5) is 24.8 Å². The lowest BCUT2D eigenvalue weighted by Crippen LogP contribution is -2.32. The van der Waals surface area contributed by atoms with Crippen LogP contribution in [0.2, 0.25) is 0 Å². The summed E-state index contributed by atoms with van der Waals surface area (Å²) in [4.78, 5) is 20.1. The number of nitrogens with one attached hydrogen (secondary N) is 2. The summed E-state index contributed by atoms with van der Waals surface area (Å²) in [5.41, 5.74) is -1.33. The fourth-order valence-corrected chi connectivity index (χ4v) is 2.93. The Labute approximate surface area is 162 Å². The largest absolute Gasteiger partial charge is 0.419 e. The van der Waals surface area contributed by atoms with E-state index < -0.39 is 17.2 Å². The highest BCUT2D eigenvalue weighted by Gasteiger charge is 2.44. The zero-order valence-corrected chi connectivity index (χ0v) is 15.1. The van der Waals surface area contributed by atoms with Gasteiger partial charge in [-0.2, -0.15) is 13.2 Å². The van der Waals surface area contributed by atoms with Gasteiger partial charge >= 0.3 is 6.18 Å². The summed E-state index contributed by atoms with van der Waals surface area (Å²) in [6.45, 7) is 2.24. The topological polar surface area (TPSA) is 106 Å². The Morgan fingerprint density at radius 1 is 1.21 bits per heavy atom. The van der Waals surface area contributed by atoms with Crippen LogP contribution in [0.5, 0.6) is 0 Å². The molecule has 11 heteroatoms. The fraction of sp³-hybridized carbons (Fsp3) is 0.278. The van der Waals surface area contributed by atoms with Gasteiger partial charge in [-0.1, -0.05) is 0 Å². The molecule has 1 atom stereocenters. The number of carbonyl (C=O) groups excluding carboxylic acids is 1. The first-order chi connectivity index (χ1) is 13.8. The number of aromatic nitrogens is 4. The Morgan fingerprint density at radius 2 is 2.03 bits per heavy atom. The molecule has 150 valence electrons. The average Bonchev–Trinajstić information content (AvgIpc) is 3.30. The van der Waals surface area contributed by atoms with Crippen LogP contribution in [0.3, 0.4) is 0 Å². The fourth-order valence-electron chi connectivity index (χ4n) is 2.93. The first-order valence-electron chi connectivity index (χ1n) is 8.65. The number of alkyl halides is 3. The number of carbonyl (C=O) groups is 1. The van der Waals surface area contributed by atoms with E-state index in [0.29, 0.717) is 18.5 Å². The van der Waals surface area contributed by atoms with E-state index in [2.05, 4.69) is 30.8 Å². The van der Waals surface area contributed by atoms with E-state index in [1.54, 1.807) is 19.1 Å². The molecule has 8 nitrogen and oxygen atoms in total. The Balaban J connectivity index is 1.62. The Bertz CT molecular complexity index is 1050. The lowest BCUT2D eigenvalue weighted by Gasteiger charge is -2.14. The minimum Gasteiger partial charge on any atom is -0.419 e. The third-order valence-corrected chi connectivity index (χ3v) is 4.68. The molecule has 1 amide bonds. The number of hydrogen-bond acceptors (Lipinski definition) is 7. The van der Waals surface area contributed by atoms with Gasteiger partial charge in [0.15, 0.2) is 0 Å². The number of amides is 1. The average molecular weight is 404 g/mol. The van der Waals surface area contributed by atoms with Crippen molar-refractivity contribution in [1.29, 1.82) is 0 Å². The van der Waals surface area contributed by atoms with Crippen molar-refractivity contribution >= 4 is 17.5 Å². The van der Waals surface area contributed by atoms with Crippen LogP contribution in [0, 0.1) is 0 Å². The zero-order valence-electron chi connectivity index (χ0n) is 15.1. The molecule has 0 spiro atoms. The number of hydrogen-bond donors (Lipinski definition) is 2. The van der Waals surface area contributed by atoms with Gasteiger partial charge in [0.2, 0.25) is 11.8 Å². The summed E-state index contributed by atoms with van der Waals surface area (Å²) >= 11 is 0. The number of rotatable bonds is 4. The molecular weight excluding hydrogens is 389 g/mol. The maximum atomic E-state index is 12.7. The molecule has 0 aliphatic carbocycles. The molecule has 1 aliphatic heterocycles. The second kappa shape index (κ2) is 6.83. The van der Waals surface area contributed by atoms with E-state index in [-0.39, 0.29) is 29.3 Å². The quantitative estimate of drug-likeness (QED) is 0.688. The molecule has 1 saturated heterocycles. The van der Waals surface area contributed by atoms with E-state index in [9.17, 15) is 18.0 Å². The zero-order chi connectivity index (χ0) is 20.6. The van der Waals surface area contributed by atoms with Gasteiger partial charge in [0, 0.05) is 18.9 Å². The van der Waals surface area contributed by atoms with Crippen molar-refractivity contribution < 1.29 is 22.4 Å². The predicted molar refractivity (Wildman–Crippen MR) is 95.0 cm³/mol. The van der Waals surface area contributed by atoms with Crippen molar-refractivity contribution in [3.05, 3.63) is 48.1 Å². The normalized spacial score (nSPS) is 19.2. The second-order valence-corrected chi connectivity index (χ2v) is 6.70. The van der Waals surface area contributed by atoms with E-state index in [0.717, 1.165) is 12.3 Å². The van der Waals surface area contributed by atoms with E-state index in [1.807, 2.05) is 0 Å². The van der Waals surface area contributed by atoms with Crippen molar-refractivity contribution in [2.75, 3.05) is 11.9 Å². The van der Waals surface area contributed by atoms with Gasteiger partial charge in [-0.25, -0.2) is 9.97 Å². The van der Waals surface area contributed by atoms with Crippen LogP contribution in [-0.2, 0) is 16.4 Å². The van der Waals surface area contributed by atoms with Crippen LogP contribution in [0.25, 0.3) is 11.5 Å². The molecule has 0 aromatic carbocycles. The molecule has 0 radical (unpaired) electrons. The molecule has 3 aromatic rings. The van der Waals surface area contributed by atoms with Gasteiger partial charge in [-0.05, 0) is 37.6 Å². The smallest absolute Gasteiger partial charge is 0.417 e. The van der Waals surface area contributed by atoms with E-state index >= 15 is 0 Å². The van der Waals surface area contributed by atoms with Gasteiger partial charge in [0.05, 0.1) is 11.1 Å². The second-order valence-electron chi connectivity index (χ2n) is 6.70. The monoisotopic (exact) mass is 404 g/mol. The minimum absolute atomic E-state index is 0.128. The Morgan fingerprint density at radius 3 is 2.69 bits per heavy atom. The van der Waals surface area contributed by atoms with E-state index in [4.69, 9.17) is 4.42 Å². The lowest BCUT2D eigenvalue weighted by molar-refractivity contribution is -0.137. The van der Waals surface area contributed by atoms with Crippen LogP contribution < -0.4 is 10.6 Å². The number of nitrogens with zero attached hydrogens (tertiary/aromatic N) is 4. The minimum atomic E-state index is -4.47. The van der Waals surface area contributed by atoms with Crippen molar-refractivity contribution in [3.63, 3.8) is 0 Å². The van der Waals surface area contributed by atoms with Crippen LogP contribution in [0.15, 0.2) is 41.1 Å². The van der Waals surface area contributed by atoms with Crippen LogP contribution in [0.1, 0.15) is 24.8 Å². The van der Waals surface area contributed by atoms with Gasteiger partial charge in [-0.3, -0.25) is 4.79 Å². The van der Waals surface area contributed by atoms with E-state index in [1.165, 1.54) is 12.3 Å². The highest BCUT2D eigenvalue weighted by molar-refractivity contribution is 5.88. The first-order valence-corrected chi connectivity index (χ1v) is 8.65. The summed E-state index contributed by atoms with van der Waals surface area (Å²) in [5, 5.41) is 13.6. The lowest BCUT2D eigenvalue weighted by atomic mass is 9.89. The van der Waals surface area contributed by atoms with Crippen LogP contribution in [-0.4, -0.2) is 32.6 Å². The maximum Gasteiger partial charge on any atom is 0.417 e. The maximum absolute atomic E-state index is 12.7. The van der Waals surface area contributed by atoms with Crippen molar-refractivity contribution in [3.8, 4) is 11.5 Å². The number of halogens is 3. The Kier molecular flexibility index (Phi) is 4.44. The summed E-state index contributed by atoms with van der Waals surface area (Å²) in [7, 11) is 0. The van der Waals surface area contributed by atoms with Crippen molar-refractivity contribution in [2.45, 2.75) is 24.9 Å². The molecule has 0 bridgehead atoms. The first kappa shape index (κ1) is 18.8. The summed E-state index contributed by atoms with van der Waals surface area (Å²) in [6.07, 6.45) is -1.71. The molecule has 3 aromatic heterocycles.